The summed E-state index contributed by atoms with van der Waals surface area (Å²) < 4.78 is 11.0. The molecule has 6 heteroatoms. The van der Waals surface area contributed by atoms with Crippen LogP contribution < -0.4 is 10.1 Å². The van der Waals surface area contributed by atoms with Crippen molar-refractivity contribution in [3.63, 3.8) is 0 Å². The molecular formula is C24H24N2O4. The number of furan rings is 1. The summed E-state index contributed by atoms with van der Waals surface area (Å²) in [5, 5.41) is 2.95. The molecular weight excluding hydrogens is 380 g/mol. The van der Waals surface area contributed by atoms with Gasteiger partial charge in [0, 0.05) is 19.5 Å². The number of benzene rings is 2. The van der Waals surface area contributed by atoms with E-state index in [0.717, 1.165) is 22.6 Å². The zero-order chi connectivity index (χ0) is 20.8. The van der Waals surface area contributed by atoms with E-state index in [-0.39, 0.29) is 24.2 Å². The highest BCUT2D eigenvalue weighted by molar-refractivity contribution is 5.89. The fourth-order valence-corrected chi connectivity index (χ4v) is 3.46. The maximum Gasteiger partial charge on any atom is 0.225 e. The summed E-state index contributed by atoms with van der Waals surface area (Å²) in [6, 6.07) is 21.2. The summed E-state index contributed by atoms with van der Waals surface area (Å²) in [4.78, 5) is 26.4. The van der Waals surface area contributed by atoms with Gasteiger partial charge in [-0.1, -0.05) is 42.5 Å². The van der Waals surface area contributed by atoms with Gasteiger partial charge in [0.15, 0.2) is 0 Å². The number of hydrogen-bond acceptors (Lipinski definition) is 4. The van der Waals surface area contributed by atoms with Crippen LogP contribution in [0.25, 0.3) is 0 Å². The second-order valence-electron chi connectivity index (χ2n) is 7.39. The van der Waals surface area contributed by atoms with Gasteiger partial charge < -0.3 is 19.4 Å². The first-order valence-corrected chi connectivity index (χ1v) is 10.0. The fraction of sp³-hybridized carbons (Fsp3) is 0.250. The largest absolute Gasteiger partial charge is 0.489 e. The number of carbonyl (C=O) groups excluding carboxylic acids is 2. The Kier molecular flexibility index (Phi) is 6.13. The topological polar surface area (TPSA) is 71.8 Å². The van der Waals surface area contributed by atoms with Crippen molar-refractivity contribution in [1.82, 2.24) is 10.2 Å². The van der Waals surface area contributed by atoms with Gasteiger partial charge in [0.1, 0.15) is 18.1 Å². The number of rotatable bonds is 8. The second kappa shape index (κ2) is 9.31. The first-order valence-electron chi connectivity index (χ1n) is 10.0. The van der Waals surface area contributed by atoms with Crippen molar-refractivity contribution in [2.75, 3.05) is 6.54 Å². The van der Waals surface area contributed by atoms with Crippen LogP contribution in [-0.2, 0) is 29.3 Å². The standard InChI is InChI=1S/C24H24N2O4/c27-23-13-20(15-26(23)16-22-7-4-12-29-22)24(28)25-14-18-8-10-19(11-9-18)17-30-21-5-2-1-3-6-21/h1-12,20H,13-17H2,(H,25,28). The third-order valence-electron chi connectivity index (χ3n) is 5.15. The van der Waals surface area contributed by atoms with Crippen LogP contribution in [0.15, 0.2) is 77.4 Å². The fourth-order valence-electron chi connectivity index (χ4n) is 3.46. The van der Waals surface area contributed by atoms with Crippen molar-refractivity contribution in [2.24, 2.45) is 5.92 Å². The maximum atomic E-state index is 12.5. The second-order valence-corrected chi connectivity index (χ2v) is 7.39. The van der Waals surface area contributed by atoms with E-state index in [0.29, 0.717) is 26.2 Å². The van der Waals surface area contributed by atoms with E-state index >= 15 is 0 Å². The van der Waals surface area contributed by atoms with Crippen LogP contribution in [0, 0.1) is 5.92 Å². The van der Waals surface area contributed by atoms with Crippen molar-refractivity contribution in [2.45, 2.75) is 26.1 Å². The van der Waals surface area contributed by atoms with Crippen LogP contribution in [0.4, 0.5) is 0 Å². The molecule has 2 amide bonds. The molecule has 0 aliphatic carbocycles. The van der Waals surface area contributed by atoms with Gasteiger partial charge >= 0.3 is 0 Å². The minimum Gasteiger partial charge on any atom is -0.489 e. The number of hydrogen-bond donors (Lipinski definition) is 1. The van der Waals surface area contributed by atoms with E-state index in [1.54, 1.807) is 17.2 Å². The average Bonchev–Trinajstić information content (AvgIpc) is 3.42. The molecule has 1 fully saturated rings. The van der Waals surface area contributed by atoms with Crippen LogP contribution in [-0.4, -0.2) is 23.3 Å². The Labute approximate surface area is 175 Å². The molecule has 154 valence electrons. The third kappa shape index (κ3) is 5.08. The van der Waals surface area contributed by atoms with Gasteiger partial charge in [0.25, 0.3) is 0 Å². The van der Waals surface area contributed by atoms with Crippen LogP contribution in [0.3, 0.4) is 0 Å². The summed E-state index contributed by atoms with van der Waals surface area (Å²) in [5.41, 5.74) is 2.06. The Morgan fingerprint density at radius 2 is 1.80 bits per heavy atom. The van der Waals surface area contributed by atoms with E-state index in [4.69, 9.17) is 9.15 Å². The van der Waals surface area contributed by atoms with E-state index in [1.807, 2.05) is 60.7 Å². The molecule has 1 unspecified atom stereocenters. The number of ether oxygens (including phenoxy) is 1. The van der Waals surface area contributed by atoms with Gasteiger partial charge in [0.05, 0.1) is 18.7 Å². The van der Waals surface area contributed by atoms with E-state index in [9.17, 15) is 9.59 Å². The van der Waals surface area contributed by atoms with E-state index < -0.39 is 0 Å². The van der Waals surface area contributed by atoms with E-state index in [2.05, 4.69) is 5.32 Å². The average molecular weight is 404 g/mol. The molecule has 2 aromatic carbocycles. The zero-order valence-corrected chi connectivity index (χ0v) is 16.6. The van der Waals surface area contributed by atoms with Crippen LogP contribution in [0.1, 0.15) is 23.3 Å². The number of carbonyl (C=O) groups is 2. The quantitative estimate of drug-likeness (QED) is 0.624. The number of nitrogens with one attached hydrogen (secondary N) is 1. The lowest BCUT2D eigenvalue weighted by Gasteiger charge is -2.15. The molecule has 0 radical (unpaired) electrons. The minimum atomic E-state index is -0.328. The smallest absolute Gasteiger partial charge is 0.225 e. The summed E-state index contributed by atoms with van der Waals surface area (Å²) in [5.74, 6) is 1.11. The molecule has 0 saturated carbocycles. The van der Waals surface area contributed by atoms with Gasteiger partial charge in [-0.2, -0.15) is 0 Å². The number of nitrogens with zero attached hydrogens (tertiary/aromatic N) is 1. The highest BCUT2D eigenvalue weighted by Crippen LogP contribution is 2.21. The number of para-hydroxylation sites is 1. The monoisotopic (exact) mass is 404 g/mol. The lowest BCUT2D eigenvalue weighted by Crippen LogP contribution is -2.32. The van der Waals surface area contributed by atoms with Crippen LogP contribution in [0.2, 0.25) is 0 Å². The summed E-state index contributed by atoms with van der Waals surface area (Å²) in [6.07, 6.45) is 1.82. The molecule has 6 nitrogen and oxygen atoms in total. The Hall–Kier alpha value is -3.54. The molecule has 3 aromatic rings. The highest BCUT2D eigenvalue weighted by Gasteiger charge is 2.34. The zero-order valence-electron chi connectivity index (χ0n) is 16.6. The first kappa shape index (κ1) is 19.8. The van der Waals surface area contributed by atoms with Gasteiger partial charge in [-0.15, -0.1) is 0 Å². The molecule has 30 heavy (non-hydrogen) atoms. The van der Waals surface area contributed by atoms with Gasteiger partial charge in [0.2, 0.25) is 11.8 Å². The predicted molar refractivity (Wildman–Crippen MR) is 111 cm³/mol. The van der Waals surface area contributed by atoms with E-state index in [1.165, 1.54) is 0 Å². The van der Waals surface area contributed by atoms with Crippen molar-refractivity contribution in [3.8, 4) is 5.75 Å². The molecule has 2 heterocycles. The Morgan fingerprint density at radius 1 is 1.03 bits per heavy atom. The molecule has 0 bridgehead atoms. The first-order chi connectivity index (χ1) is 14.7. The summed E-state index contributed by atoms with van der Waals surface area (Å²) in [7, 11) is 0. The molecule has 4 rings (SSSR count). The maximum absolute atomic E-state index is 12.5. The Morgan fingerprint density at radius 3 is 2.53 bits per heavy atom. The Balaban J connectivity index is 1.23. The van der Waals surface area contributed by atoms with Gasteiger partial charge in [-0.05, 0) is 35.4 Å². The third-order valence-corrected chi connectivity index (χ3v) is 5.15. The SMILES string of the molecule is O=C(NCc1ccc(COc2ccccc2)cc1)C1CC(=O)N(Cc2ccco2)C1. The minimum absolute atomic E-state index is 0.0191. The van der Waals surface area contributed by atoms with Crippen LogP contribution >= 0.6 is 0 Å². The summed E-state index contributed by atoms with van der Waals surface area (Å²) >= 11 is 0. The molecule has 1 aliphatic rings. The lowest BCUT2D eigenvalue weighted by molar-refractivity contribution is -0.129. The Bertz CT molecular complexity index is 968. The van der Waals surface area contributed by atoms with Crippen molar-refractivity contribution in [3.05, 3.63) is 89.9 Å². The molecule has 0 spiro atoms. The highest BCUT2D eigenvalue weighted by atomic mass is 16.5. The summed E-state index contributed by atoms with van der Waals surface area (Å²) in [6.45, 7) is 1.75. The molecule has 1 saturated heterocycles. The molecule has 1 N–H and O–H groups in total. The normalized spacial score (nSPS) is 15.9. The number of likely N-dealkylation sites (tertiary alicyclic amines) is 1. The van der Waals surface area contributed by atoms with Crippen molar-refractivity contribution >= 4 is 11.8 Å². The van der Waals surface area contributed by atoms with Gasteiger partial charge in [-0.25, -0.2) is 0 Å². The van der Waals surface area contributed by atoms with Crippen LogP contribution in [0.5, 0.6) is 5.75 Å². The number of amides is 2. The predicted octanol–water partition coefficient (Wildman–Crippen LogP) is 3.52. The molecule has 1 aromatic heterocycles. The van der Waals surface area contributed by atoms with Gasteiger partial charge in [-0.3, -0.25) is 9.59 Å². The van der Waals surface area contributed by atoms with Crippen molar-refractivity contribution in [1.29, 1.82) is 0 Å². The lowest BCUT2D eigenvalue weighted by atomic mass is 10.1. The van der Waals surface area contributed by atoms with Crippen molar-refractivity contribution < 1.29 is 18.7 Å². The molecule has 1 atom stereocenters. The molecule has 1 aliphatic heterocycles.